The molecule has 71 valence electrons. The molecule has 0 aliphatic heterocycles. The lowest BCUT2D eigenvalue weighted by Gasteiger charge is -1.93. The first-order valence-electron chi connectivity index (χ1n) is 4.61. The van der Waals surface area contributed by atoms with Crippen molar-refractivity contribution in [3.8, 4) is 0 Å². The Kier molecular flexibility index (Phi) is 2.53. The highest BCUT2D eigenvalue weighted by molar-refractivity contribution is 5.16. The van der Waals surface area contributed by atoms with Crippen LogP contribution in [0.15, 0.2) is 24.3 Å². The maximum Gasteiger partial charge on any atom is 0.179 e. The van der Waals surface area contributed by atoms with Crippen LogP contribution in [-0.4, -0.2) is 20.2 Å². The molecule has 0 saturated carbocycles. The predicted octanol–water partition coefficient (Wildman–Crippen LogP) is 1.08. The van der Waals surface area contributed by atoms with Crippen molar-refractivity contribution in [2.75, 3.05) is 0 Å². The van der Waals surface area contributed by atoms with Crippen LogP contribution >= 0.6 is 0 Å². The van der Waals surface area contributed by atoms with Gasteiger partial charge in [-0.15, -0.1) is 10.2 Å². The highest BCUT2D eigenvalue weighted by Crippen LogP contribution is 2.02. The molecule has 0 amide bonds. The fourth-order valence-corrected chi connectivity index (χ4v) is 1.19. The predicted molar refractivity (Wildman–Crippen MR) is 51.6 cm³/mol. The molecule has 4 heteroatoms. The number of hydrogen-bond donors (Lipinski definition) is 0. The molecular weight excluding hydrogens is 176 g/mol. The third-order valence-corrected chi connectivity index (χ3v) is 1.90. The second kappa shape index (κ2) is 4.00. The highest BCUT2D eigenvalue weighted by atomic mass is 15.6. The van der Waals surface area contributed by atoms with Gasteiger partial charge in [-0.2, -0.15) is 4.80 Å². The summed E-state index contributed by atoms with van der Waals surface area (Å²) in [5.74, 6) is 0.745. The van der Waals surface area contributed by atoms with E-state index in [0.29, 0.717) is 6.42 Å². The Bertz CT molecular complexity index is 394. The van der Waals surface area contributed by atoms with Crippen LogP contribution in [0.2, 0.25) is 0 Å². The molecule has 0 unspecified atom stereocenters. The number of hydrogen-bond acceptors (Lipinski definition) is 3. The van der Waals surface area contributed by atoms with E-state index in [1.807, 2.05) is 31.2 Å². The summed E-state index contributed by atoms with van der Waals surface area (Å²) in [6.45, 7) is 2.74. The standard InChI is InChI=1S/C10H11N4/c1-2-14-12-10(11-13-14)8-9-6-4-3-5-7-9/h3-6H,2,8H2,1H3. The minimum absolute atomic E-state index is 0.695. The molecule has 0 N–H and O–H groups in total. The molecule has 1 aromatic heterocycles. The van der Waals surface area contributed by atoms with Crippen molar-refractivity contribution in [1.82, 2.24) is 20.2 Å². The van der Waals surface area contributed by atoms with Crippen LogP contribution in [-0.2, 0) is 13.0 Å². The fourth-order valence-electron chi connectivity index (χ4n) is 1.19. The molecule has 2 aromatic rings. The van der Waals surface area contributed by atoms with E-state index in [1.54, 1.807) is 4.80 Å². The first-order chi connectivity index (χ1) is 6.88. The summed E-state index contributed by atoms with van der Waals surface area (Å²) in [5.41, 5.74) is 1.09. The fraction of sp³-hybridized carbons (Fsp3) is 0.300. The molecule has 2 rings (SSSR count). The molecule has 1 aromatic carbocycles. The van der Waals surface area contributed by atoms with E-state index in [4.69, 9.17) is 0 Å². The van der Waals surface area contributed by atoms with Crippen molar-refractivity contribution in [2.45, 2.75) is 19.9 Å². The maximum absolute atomic E-state index is 4.20. The summed E-state index contributed by atoms with van der Waals surface area (Å²) in [7, 11) is 0. The van der Waals surface area contributed by atoms with Gasteiger partial charge in [-0.25, -0.2) is 0 Å². The van der Waals surface area contributed by atoms with Crippen molar-refractivity contribution < 1.29 is 0 Å². The Morgan fingerprint density at radius 2 is 2.36 bits per heavy atom. The Labute approximate surface area is 82.6 Å². The normalized spacial score (nSPS) is 10.4. The molecular formula is C10H11N4. The third-order valence-electron chi connectivity index (χ3n) is 1.90. The maximum atomic E-state index is 4.20. The number of nitrogens with zero attached hydrogens (tertiary/aromatic N) is 4. The molecule has 0 atom stereocenters. The van der Waals surface area contributed by atoms with E-state index in [0.717, 1.165) is 17.9 Å². The second-order valence-corrected chi connectivity index (χ2v) is 2.96. The van der Waals surface area contributed by atoms with Gasteiger partial charge >= 0.3 is 0 Å². The largest absolute Gasteiger partial charge is 0.179 e. The SMILES string of the molecule is CCn1nnc(Cc2[c]cccc2)n1. The lowest BCUT2D eigenvalue weighted by molar-refractivity contribution is 0.550. The number of tetrazole rings is 1. The van der Waals surface area contributed by atoms with Gasteiger partial charge in [0, 0.05) is 6.42 Å². The first-order valence-corrected chi connectivity index (χ1v) is 4.61. The molecule has 0 saturated heterocycles. The van der Waals surface area contributed by atoms with Crippen LogP contribution in [0.1, 0.15) is 18.3 Å². The number of aryl methyl sites for hydroxylation is 1. The third kappa shape index (κ3) is 1.96. The first kappa shape index (κ1) is 8.87. The van der Waals surface area contributed by atoms with Gasteiger partial charge in [-0.1, -0.05) is 24.3 Å². The monoisotopic (exact) mass is 187 g/mol. The molecule has 1 radical (unpaired) electrons. The minimum Gasteiger partial charge on any atom is -0.164 e. The summed E-state index contributed by atoms with van der Waals surface area (Å²) in [6, 6.07) is 10.9. The van der Waals surface area contributed by atoms with Crippen molar-refractivity contribution in [3.63, 3.8) is 0 Å². The van der Waals surface area contributed by atoms with Crippen LogP contribution in [0.5, 0.6) is 0 Å². The van der Waals surface area contributed by atoms with Crippen molar-refractivity contribution in [2.24, 2.45) is 0 Å². The van der Waals surface area contributed by atoms with E-state index in [1.165, 1.54) is 0 Å². The summed E-state index contributed by atoms with van der Waals surface area (Å²) in [4.78, 5) is 1.58. The second-order valence-electron chi connectivity index (χ2n) is 2.96. The Morgan fingerprint density at radius 1 is 1.43 bits per heavy atom. The van der Waals surface area contributed by atoms with Gasteiger partial charge in [0.1, 0.15) is 0 Å². The van der Waals surface area contributed by atoms with Crippen LogP contribution < -0.4 is 0 Å². The lowest BCUT2D eigenvalue weighted by Crippen LogP contribution is -1.99. The van der Waals surface area contributed by atoms with Crippen LogP contribution in [0, 0.1) is 6.07 Å². The number of rotatable bonds is 3. The van der Waals surface area contributed by atoms with Crippen molar-refractivity contribution in [3.05, 3.63) is 41.7 Å². The quantitative estimate of drug-likeness (QED) is 0.722. The average molecular weight is 187 g/mol. The van der Waals surface area contributed by atoms with E-state index in [2.05, 4.69) is 21.5 Å². The van der Waals surface area contributed by atoms with Crippen LogP contribution in [0.25, 0.3) is 0 Å². The van der Waals surface area contributed by atoms with Gasteiger partial charge in [0.2, 0.25) is 0 Å². The van der Waals surface area contributed by atoms with Gasteiger partial charge in [-0.05, 0) is 23.8 Å². The minimum atomic E-state index is 0.695. The Morgan fingerprint density at radius 3 is 3.00 bits per heavy atom. The zero-order chi connectivity index (χ0) is 9.80. The van der Waals surface area contributed by atoms with Gasteiger partial charge < -0.3 is 0 Å². The van der Waals surface area contributed by atoms with Gasteiger partial charge in [-0.3, -0.25) is 0 Å². The molecule has 0 aliphatic rings. The van der Waals surface area contributed by atoms with Crippen LogP contribution in [0.3, 0.4) is 0 Å². The summed E-state index contributed by atoms with van der Waals surface area (Å²) < 4.78 is 0. The van der Waals surface area contributed by atoms with E-state index in [9.17, 15) is 0 Å². The van der Waals surface area contributed by atoms with Crippen LogP contribution in [0.4, 0.5) is 0 Å². The van der Waals surface area contributed by atoms with Gasteiger partial charge in [0.05, 0.1) is 6.54 Å². The average Bonchev–Trinajstić information content (AvgIpc) is 2.67. The molecule has 0 spiro atoms. The zero-order valence-electron chi connectivity index (χ0n) is 8.01. The zero-order valence-corrected chi connectivity index (χ0v) is 8.01. The molecule has 1 heterocycles. The molecule has 0 bridgehead atoms. The molecule has 14 heavy (non-hydrogen) atoms. The van der Waals surface area contributed by atoms with Crippen molar-refractivity contribution >= 4 is 0 Å². The van der Waals surface area contributed by atoms with E-state index >= 15 is 0 Å². The van der Waals surface area contributed by atoms with Crippen molar-refractivity contribution in [1.29, 1.82) is 0 Å². The lowest BCUT2D eigenvalue weighted by atomic mass is 10.1. The molecule has 0 aliphatic carbocycles. The Hall–Kier alpha value is -1.71. The van der Waals surface area contributed by atoms with E-state index < -0.39 is 0 Å². The summed E-state index contributed by atoms with van der Waals surface area (Å²) in [6.07, 6.45) is 0.695. The number of benzene rings is 1. The number of aromatic nitrogens is 4. The molecule has 4 nitrogen and oxygen atoms in total. The highest BCUT2D eigenvalue weighted by Gasteiger charge is 2.02. The summed E-state index contributed by atoms with van der Waals surface area (Å²) >= 11 is 0. The summed E-state index contributed by atoms with van der Waals surface area (Å²) in [5, 5.41) is 12.0. The smallest absolute Gasteiger partial charge is 0.164 e. The Balaban J connectivity index is 2.11. The topological polar surface area (TPSA) is 43.6 Å². The van der Waals surface area contributed by atoms with Gasteiger partial charge in [0.25, 0.3) is 0 Å². The molecule has 0 fully saturated rings. The van der Waals surface area contributed by atoms with E-state index in [-0.39, 0.29) is 0 Å². The van der Waals surface area contributed by atoms with Gasteiger partial charge in [0.15, 0.2) is 5.82 Å².